The van der Waals surface area contributed by atoms with Gasteiger partial charge in [-0.1, -0.05) is 306 Å². The SMILES string of the molecule is CC/C=C\C/C=C\C/C=C\C/C=C\C/C=C\CCCCCC(=O)OCC(COP(=O)(O)OCC(O)COP(=O)(O)OCC(COC(=O)C/C=C\C/C=C\C/C=C\C/C=C\C/C=C\CC)OC(=O)CCCCCCCCCCCCCCCCC)OC(=O)CCC/C=C\C/C=C\C/C=C\C/C=C\C/C=C\CC. The fourth-order valence-electron chi connectivity index (χ4n) is 9.94. The van der Waals surface area contributed by atoms with Crippen LogP contribution in [0.2, 0.25) is 0 Å². The average molecular weight is 1520 g/mol. The van der Waals surface area contributed by atoms with Crippen LogP contribution in [0.5, 0.6) is 0 Å². The van der Waals surface area contributed by atoms with E-state index in [1.165, 1.54) is 64.2 Å². The van der Waals surface area contributed by atoms with E-state index < -0.39 is 97.5 Å². The predicted molar refractivity (Wildman–Crippen MR) is 436 cm³/mol. The van der Waals surface area contributed by atoms with Crippen molar-refractivity contribution in [3.8, 4) is 0 Å². The maximum absolute atomic E-state index is 13.1. The molecule has 0 amide bonds. The van der Waals surface area contributed by atoms with Crippen LogP contribution in [0.15, 0.2) is 182 Å². The Hall–Kier alpha value is -5.84. The monoisotopic (exact) mass is 1520 g/mol. The number of hydrogen-bond donors (Lipinski definition) is 3. The van der Waals surface area contributed by atoms with Crippen molar-refractivity contribution >= 4 is 39.5 Å². The molecule has 17 nitrogen and oxygen atoms in total. The van der Waals surface area contributed by atoms with Crippen molar-refractivity contribution in [2.75, 3.05) is 39.6 Å². The van der Waals surface area contributed by atoms with Gasteiger partial charge in [0.05, 0.1) is 32.8 Å². The first kappa shape index (κ1) is 100. The molecule has 0 heterocycles. The van der Waals surface area contributed by atoms with Crippen molar-refractivity contribution in [1.29, 1.82) is 0 Å². The van der Waals surface area contributed by atoms with E-state index in [2.05, 4.69) is 174 Å². The third-order valence-electron chi connectivity index (χ3n) is 15.9. The van der Waals surface area contributed by atoms with Crippen molar-refractivity contribution in [3.05, 3.63) is 182 Å². The minimum atomic E-state index is -5.02. The lowest BCUT2D eigenvalue weighted by molar-refractivity contribution is -0.161. The number of carbonyl (C=O) groups is 4. The van der Waals surface area contributed by atoms with E-state index in [0.29, 0.717) is 32.1 Å². The highest BCUT2D eigenvalue weighted by Crippen LogP contribution is 2.45. The smallest absolute Gasteiger partial charge is 0.462 e. The van der Waals surface area contributed by atoms with Gasteiger partial charge >= 0.3 is 39.5 Å². The Morgan fingerprint density at radius 3 is 0.877 bits per heavy atom. The normalized spacial score (nSPS) is 14.8. The van der Waals surface area contributed by atoms with Crippen LogP contribution in [0.4, 0.5) is 0 Å². The first-order chi connectivity index (χ1) is 51.7. The van der Waals surface area contributed by atoms with Crippen LogP contribution in [-0.2, 0) is 65.4 Å². The second kappa shape index (κ2) is 77.3. The molecular weight excluding hydrogens is 1380 g/mol. The number of esters is 4. The van der Waals surface area contributed by atoms with E-state index in [1.807, 2.05) is 30.4 Å². The summed E-state index contributed by atoms with van der Waals surface area (Å²) in [6, 6.07) is 0. The van der Waals surface area contributed by atoms with Crippen LogP contribution in [-0.4, -0.2) is 96.7 Å². The molecule has 0 saturated heterocycles. The third kappa shape index (κ3) is 76.4. The summed E-state index contributed by atoms with van der Waals surface area (Å²) in [6.07, 6.45) is 93.4. The summed E-state index contributed by atoms with van der Waals surface area (Å²) in [6.45, 7) is 4.31. The lowest BCUT2D eigenvalue weighted by atomic mass is 10.0. The molecule has 0 aliphatic rings. The maximum Gasteiger partial charge on any atom is 0.472 e. The Morgan fingerprint density at radius 1 is 0.283 bits per heavy atom. The molecule has 0 aliphatic heterocycles. The fraction of sp³-hybridized carbons (Fsp3) is 0.609. The maximum atomic E-state index is 13.1. The van der Waals surface area contributed by atoms with Gasteiger partial charge in [-0.15, -0.1) is 0 Å². The van der Waals surface area contributed by atoms with E-state index in [0.717, 1.165) is 135 Å². The van der Waals surface area contributed by atoms with E-state index in [9.17, 15) is 43.2 Å². The molecule has 0 saturated carbocycles. The molecule has 600 valence electrons. The number of aliphatic hydroxyl groups is 1. The highest BCUT2D eigenvalue weighted by molar-refractivity contribution is 7.47. The lowest BCUT2D eigenvalue weighted by Gasteiger charge is -2.21. The number of aliphatic hydroxyl groups excluding tert-OH is 1. The van der Waals surface area contributed by atoms with Gasteiger partial charge in [0.1, 0.15) is 19.3 Å². The zero-order chi connectivity index (χ0) is 77.4. The van der Waals surface area contributed by atoms with Crippen LogP contribution in [0.1, 0.15) is 285 Å². The van der Waals surface area contributed by atoms with Crippen molar-refractivity contribution in [1.82, 2.24) is 0 Å². The highest BCUT2D eigenvalue weighted by Gasteiger charge is 2.30. The number of carbonyl (C=O) groups excluding carboxylic acids is 4. The molecule has 0 aromatic carbocycles. The number of unbranched alkanes of at least 4 members (excludes halogenated alkanes) is 18. The number of allylic oxidation sites excluding steroid dienone is 29. The van der Waals surface area contributed by atoms with Gasteiger partial charge < -0.3 is 33.8 Å². The zero-order valence-corrected chi connectivity index (χ0v) is 67.3. The first-order valence-corrected chi connectivity index (χ1v) is 43.0. The van der Waals surface area contributed by atoms with Crippen molar-refractivity contribution in [2.24, 2.45) is 0 Å². The number of phosphoric acid groups is 2. The summed E-state index contributed by atoms with van der Waals surface area (Å²) in [4.78, 5) is 73.0. The Labute approximate surface area is 641 Å². The van der Waals surface area contributed by atoms with Crippen LogP contribution in [0, 0.1) is 0 Å². The predicted octanol–water partition coefficient (Wildman–Crippen LogP) is 23.6. The molecule has 5 unspecified atom stereocenters. The van der Waals surface area contributed by atoms with Crippen LogP contribution in [0.25, 0.3) is 0 Å². The van der Waals surface area contributed by atoms with Gasteiger partial charge in [-0.25, -0.2) is 9.13 Å². The summed E-state index contributed by atoms with van der Waals surface area (Å²) >= 11 is 0. The molecule has 0 bridgehead atoms. The third-order valence-corrected chi connectivity index (χ3v) is 17.8. The standard InChI is InChI=1S/C87H140O17P2/c1-5-9-13-17-21-25-29-33-37-39-40-42-45-48-52-56-60-64-68-72-85(90)98-78-83(104-87(92)74-70-66-62-58-54-50-46-41-38-34-30-26-22-18-14-10-6-2)80-102-106(95,96)100-76-81(88)75-99-105(93,94)101-79-82(103-86(91)73-69-65-61-57-53-49-44-36-32-28-24-20-16-12-8-4)77-97-84(89)71-67-63-59-55-51-47-43-35-31-27-23-19-15-11-7-3/h9-11,13-15,21-23,25-27,33-35,37-38,40,42-43,46,48,50-52,55,58,62-63,67,81-83,88H,5-8,12,16-20,24,28-32,36,39,41,44-45,47,49,53-54,56-57,59-61,64-66,68-80H2,1-4H3,(H,93,94)(H,95,96)/b13-9-,14-10-,15-11-,25-21-,26-22-,27-23-,37-33-,38-34-,42-40-,43-35-,50-46-,52-48-,55-51-,62-58-,67-63-. The number of ether oxygens (including phenoxy) is 4. The van der Waals surface area contributed by atoms with E-state index >= 15 is 0 Å². The van der Waals surface area contributed by atoms with Crippen LogP contribution >= 0.6 is 15.6 Å². The van der Waals surface area contributed by atoms with E-state index in [-0.39, 0.29) is 25.7 Å². The molecule has 3 N–H and O–H groups in total. The fourth-order valence-corrected chi connectivity index (χ4v) is 11.5. The molecule has 5 atom stereocenters. The quantitative estimate of drug-likeness (QED) is 0.0169. The average Bonchev–Trinajstić information content (AvgIpc) is 0.902. The molecule has 19 heteroatoms. The molecule has 0 spiro atoms. The molecule has 106 heavy (non-hydrogen) atoms. The number of phosphoric ester groups is 2. The van der Waals surface area contributed by atoms with Gasteiger partial charge in [0, 0.05) is 19.3 Å². The van der Waals surface area contributed by atoms with Crippen molar-refractivity contribution in [3.63, 3.8) is 0 Å². The number of rotatable bonds is 73. The second-order valence-corrected chi connectivity index (χ2v) is 28.8. The topological polar surface area (TPSA) is 237 Å². The first-order valence-electron chi connectivity index (χ1n) is 40.0. The van der Waals surface area contributed by atoms with E-state index in [4.69, 9.17) is 37.0 Å². The second-order valence-electron chi connectivity index (χ2n) is 25.9. The minimum Gasteiger partial charge on any atom is -0.462 e. The summed E-state index contributed by atoms with van der Waals surface area (Å²) in [7, 11) is -10.0. The molecule has 0 rings (SSSR count). The number of hydrogen-bond acceptors (Lipinski definition) is 15. The molecule has 0 aliphatic carbocycles. The van der Waals surface area contributed by atoms with E-state index in [1.54, 1.807) is 6.08 Å². The molecule has 0 aromatic heterocycles. The van der Waals surface area contributed by atoms with Gasteiger partial charge in [0.2, 0.25) is 0 Å². The summed E-state index contributed by atoms with van der Waals surface area (Å²) in [5.41, 5.74) is 0. The van der Waals surface area contributed by atoms with Gasteiger partial charge in [-0.2, -0.15) is 0 Å². The van der Waals surface area contributed by atoms with Crippen molar-refractivity contribution in [2.45, 2.75) is 303 Å². The molecule has 0 fully saturated rings. The molecule has 0 radical (unpaired) electrons. The Kier molecular flexibility index (Phi) is 73.1. The summed E-state index contributed by atoms with van der Waals surface area (Å²) < 4.78 is 68.4. The molecular formula is C87H140O17P2. The Balaban J connectivity index is 5.53. The largest absolute Gasteiger partial charge is 0.472 e. The lowest BCUT2D eigenvalue weighted by Crippen LogP contribution is -2.30. The minimum absolute atomic E-state index is 0.000173. The van der Waals surface area contributed by atoms with Gasteiger partial charge in [0.15, 0.2) is 12.2 Å². The van der Waals surface area contributed by atoms with Gasteiger partial charge in [-0.3, -0.25) is 37.3 Å². The Morgan fingerprint density at radius 2 is 0.538 bits per heavy atom. The van der Waals surface area contributed by atoms with Crippen LogP contribution < -0.4 is 0 Å². The zero-order valence-electron chi connectivity index (χ0n) is 65.5. The van der Waals surface area contributed by atoms with Crippen molar-refractivity contribution < 1.29 is 80.2 Å². The van der Waals surface area contributed by atoms with Gasteiger partial charge in [-0.05, 0) is 135 Å². The van der Waals surface area contributed by atoms with Crippen LogP contribution in [0.3, 0.4) is 0 Å². The summed E-state index contributed by atoms with van der Waals surface area (Å²) in [5, 5.41) is 10.6. The summed E-state index contributed by atoms with van der Waals surface area (Å²) in [5.74, 6) is -2.44. The van der Waals surface area contributed by atoms with Gasteiger partial charge in [0.25, 0.3) is 0 Å². The molecule has 0 aromatic rings. The Bertz CT molecular complexity index is 2730. The highest BCUT2D eigenvalue weighted by atomic mass is 31.2.